The van der Waals surface area contributed by atoms with Crippen LogP contribution < -0.4 is 19.9 Å². The van der Waals surface area contributed by atoms with Crippen LogP contribution in [0.5, 0.6) is 5.75 Å². The molecular weight excluding hydrogens is 625 g/mol. The molecule has 44 heavy (non-hydrogen) atoms. The minimum absolute atomic E-state index is 0.0297. The molecule has 1 amide bonds. The van der Waals surface area contributed by atoms with Crippen molar-refractivity contribution in [1.82, 2.24) is 19.6 Å². The maximum absolute atomic E-state index is 13.7. The first kappa shape index (κ1) is 31.5. The van der Waals surface area contributed by atoms with Gasteiger partial charge in [0.15, 0.2) is 5.13 Å². The molecule has 0 radical (unpaired) electrons. The predicted molar refractivity (Wildman–Crippen MR) is 154 cm³/mol. The fourth-order valence-corrected chi connectivity index (χ4v) is 7.58. The number of aromatic nitrogens is 2. The first-order valence-corrected chi connectivity index (χ1v) is 15.9. The van der Waals surface area contributed by atoms with Crippen LogP contribution in [-0.2, 0) is 21.4 Å². The topological polar surface area (TPSA) is 145 Å². The van der Waals surface area contributed by atoms with Crippen molar-refractivity contribution < 1.29 is 41.0 Å². The van der Waals surface area contributed by atoms with Crippen molar-refractivity contribution in [3.63, 3.8) is 0 Å². The van der Waals surface area contributed by atoms with E-state index in [4.69, 9.17) is 0 Å². The number of aromatic carboxylic acids is 1. The molecule has 2 aliphatic rings. The molecule has 0 saturated carbocycles. The van der Waals surface area contributed by atoms with Crippen LogP contribution in [0, 0.1) is 6.92 Å². The molecule has 1 atom stereocenters. The smallest absolute Gasteiger partial charge is 0.477 e. The third-order valence-corrected chi connectivity index (χ3v) is 10.4. The summed E-state index contributed by atoms with van der Waals surface area (Å²) in [6.45, 7) is 3.24. The number of sulfonamides is 1. The van der Waals surface area contributed by atoms with E-state index in [1.807, 2.05) is 12.1 Å². The highest BCUT2D eigenvalue weighted by atomic mass is 32.2. The Hall–Kier alpha value is -3.96. The van der Waals surface area contributed by atoms with Crippen LogP contribution in [0.15, 0.2) is 47.5 Å². The van der Waals surface area contributed by atoms with E-state index >= 15 is 0 Å². The number of carboxylic acid groups (broad SMARTS) is 1. The van der Waals surface area contributed by atoms with Gasteiger partial charge < -0.3 is 25.0 Å². The fourth-order valence-electron chi connectivity index (χ4n) is 5.07. The SMILES string of the molecule is Cc1nc(N2CCN(S(=O)(=O)c3ccc(OC(F)(F)F)cc3)C(C(=O)NCc3ccc(N4CCCC4)nc3)C2)sc1C(=O)O. The van der Waals surface area contributed by atoms with E-state index in [0.717, 1.165) is 71.7 Å². The molecule has 2 N–H and O–H groups in total. The fraction of sp³-hybridized carbons (Fsp3) is 0.407. The van der Waals surface area contributed by atoms with E-state index in [2.05, 4.69) is 24.9 Å². The Bertz CT molecular complexity index is 1610. The molecule has 236 valence electrons. The maximum atomic E-state index is 13.7. The van der Waals surface area contributed by atoms with Gasteiger partial charge in [0, 0.05) is 45.5 Å². The highest BCUT2D eigenvalue weighted by Gasteiger charge is 2.41. The maximum Gasteiger partial charge on any atom is 0.573 e. The third-order valence-electron chi connectivity index (χ3n) is 7.25. The lowest BCUT2D eigenvalue weighted by atomic mass is 10.2. The molecule has 1 unspecified atom stereocenters. The van der Waals surface area contributed by atoms with Crippen LogP contribution in [0.25, 0.3) is 0 Å². The standard InChI is InChI=1S/C27H29F3N6O6S2/c1-17-23(25(38)39)43-26(33-17)35-12-13-36(44(40,41)20-7-5-19(6-8-20)42-27(28,29)30)21(16-35)24(37)32-15-18-4-9-22(31-14-18)34-10-2-3-11-34/h4-9,14,21H,2-3,10-13,15-16H2,1H3,(H,32,37)(H,38,39). The van der Waals surface area contributed by atoms with Crippen LogP contribution in [0.2, 0.25) is 0 Å². The number of anilines is 2. The number of piperazine rings is 1. The molecule has 2 saturated heterocycles. The summed E-state index contributed by atoms with van der Waals surface area (Å²) in [6.07, 6.45) is -1.10. The van der Waals surface area contributed by atoms with E-state index in [9.17, 15) is 36.3 Å². The lowest BCUT2D eigenvalue weighted by Crippen LogP contribution is -2.60. The van der Waals surface area contributed by atoms with Gasteiger partial charge in [-0.25, -0.2) is 23.2 Å². The second kappa shape index (κ2) is 12.6. The Labute approximate surface area is 255 Å². The largest absolute Gasteiger partial charge is 0.573 e. The van der Waals surface area contributed by atoms with Crippen LogP contribution in [0.1, 0.15) is 33.8 Å². The number of nitrogens with zero attached hydrogens (tertiary/aromatic N) is 5. The molecule has 4 heterocycles. The summed E-state index contributed by atoms with van der Waals surface area (Å²) >= 11 is 0.918. The summed E-state index contributed by atoms with van der Waals surface area (Å²) in [4.78, 5) is 37.5. The molecule has 5 rings (SSSR count). The first-order valence-electron chi connectivity index (χ1n) is 13.6. The summed E-state index contributed by atoms with van der Waals surface area (Å²) in [6, 6.07) is 6.16. The number of hydrogen-bond acceptors (Lipinski definition) is 10. The molecule has 0 spiro atoms. The van der Waals surface area contributed by atoms with Crippen LogP contribution >= 0.6 is 11.3 Å². The quantitative estimate of drug-likeness (QED) is 0.353. The number of alkyl halides is 3. The van der Waals surface area contributed by atoms with Crippen molar-refractivity contribution >= 4 is 44.2 Å². The van der Waals surface area contributed by atoms with E-state index in [1.54, 1.807) is 18.0 Å². The number of pyridine rings is 1. The molecule has 1 aromatic carbocycles. The minimum Gasteiger partial charge on any atom is -0.477 e. The molecule has 12 nitrogen and oxygen atoms in total. The summed E-state index contributed by atoms with van der Waals surface area (Å²) < 4.78 is 70.0. The Morgan fingerprint density at radius 3 is 2.36 bits per heavy atom. The Morgan fingerprint density at radius 1 is 1.07 bits per heavy atom. The lowest BCUT2D eigenvalue weighted by molar-refractivity contribution is -0.274. The van der Waals surface area contributed by atoms with Gasteiger partial charge in [0.05, 0.1) is 10.6 Å². The summed E-state index contributed by atoms with van der Waals surface area (Å²) in [7, 11) is -4.36. The van der Waals surface area contributed by atoms with Crippen molar-refractivity contribution in [2.24, 2.45) is 0 Å². The third kappa shape index (κ3) is 7.05. The number of benzene rings is 1. The molecule has 3 aromatic rings. The molecule has 17 heteroatoms. The lowest BCUT2D eigenvalue weighted by Gasteiger charge is -2.39. The predicted octanol–water partition coefficient (Wildman–Crippen LogP) is 3.24. The zero-order chi connectivity index (χ0) is 31.6. The van der Waals surface area contributed by atoms with Crippen molar-refractivity contribution in [3.05, 3.63) is 58.7 Å². The summed E-state index contributed by atoms with van der Waals surface area (Å²) in [5, 5.41) is 12.5. The van der Waals surface area contributed by atoms with Gasteiger partial charge in [0.2, 0.25) is 15.9 Å². The van der Waals surface area contributed by atoms with Crippen molar-refractivity contribution in [1.29, 1.82) is 0 Å². The van der Waals surface area contributed by atoms with E-state index < -0.39 is 40.1 Å². The number of amides is 1. The zero-order valence-corrected chi connectivity index (χ0v) is 25.1. The molecule has 0 aliphatic carbocycles. The van der Waals surface area contributed by atoms with Crippen molar-refractivity contribution in [2.75, 3.05) is 42.5 Å². The monoisotopic (exact) mass is 654 g/mol. The van der Waals surface area contributed by atoms with Crippen LogP contribution in [0.4, 0.5) is 24.1 Å². The number of carbonyl (C=O) groups excluding carboxylic acids is 1. The van der Waals surface area contributed by atoms with E-state index in [-0.39, 0.29) is 36.0 Å². The number of rotatable bonds is 9. The number of aryl methyl sites for hydroxylation is 1. The highest BCUT2D eigenvalue weighted by Crippen LogP contribution is 2.31. The van der Waals surface area contributed by atoms with E-state index in [1.165, 1.54) is 0 Å². The van der Waals surface area contributed by atoms with Gasteiger partial charge in [0.1, 0.15) is 22.5 Å². The number of thiazole rings is 1. The Balaban J connectivity index is 1.37. The number of nitrogens with one attached hydrogen (secondary N) is 1. The summed E-state index contributed by atoms with van der Waals surface area (Å²) in [5.41, 5.74) is 0.991. The second-order valence-electron chi connectivity index (χ2n) is 10.2. The zero-order valence-electron chi connectivity index (χ0n) is 23.5. The van der Waals surface area contributed by atoms with Crippen molar-refractivity contribution in [3.8, 4) is 5.75 Å². The van der Waals surface area contributed by atoms with Gasteiger partial charge in [-0.05, 0) is 55.7 Å². The van der Waals surface area contributed by atoms with Crippen LogP contribution in [-0.4, -0.2) is 84.8 Å². The molecule has 2 aliphatic heterocycles. The number of carboxylic acids is 1. The molecule has 0 bridgehead atoms. The molecular formula is C27H29F3N6O6S2. The normalized spacial score (nSPS) is 18.0. The van der Waals surface area contributed by atoms with Gasteiger partial charge >= 0.3 is 12.3 Å². The van der Waals surface area contributed by atoms with Gasteiger partial charge in [-0.2, -0.15) is 4.31 Å². The average molecular weight is 655 g/mol. The van der Waals surface area contributed by atoms with Gasteiger partial charge in [-0.3, -0.25) is 4.79 Å². The van der Waals surface area contributed by atoms with E-state index in [0.29, 0.717) is 16.4 Å². The summed E-state index contributed by atoms with van der Waals surface area (Å²) in [5.74, 6) is -1.52. The molecule has 2 aromatic heterocycles. The van der Waals surface area contributed by atoms with Crippen LogP contribution in [0.3, 0.4) is 0 Å². The van der Waals surface area contributed by atoms with Gasteiger partial charge in [-0.1, -0.05) is 17.4 Å². The number of carbonyl (C=O) groups is 2. The molecule has 2 fully saturated rings. The van der Waals surface area contributed by atoms with Gasteiger partial charge in [0.25, 0.3) is 0 Å². The second-order valence-corrected chi connectivity index (χ2v) is 13.1. The minimum atomic E-state index is -4.95. The first-order chi connectivity index (χ1) is 20.8. The Morgan fingerprint density at radius 2 is 1.77 bits per heavy atom. The number of hydrogen-bond donors (Lipinski definition) is 2. The van der Waals surface area contributed by atoms with Gasteiger partial charge in [-0.15, -0.1) is 13.2 Å². The Kier molecular flexibility index (Phi) is 8.99. The number of halogens is 3. The van der Waals surface area contributed by atoms with Crippen molar-refractivity contribution in [2.45, 2.75) is 43.6 Å². The average Bonchev–Trinajstić information content (AvgIpc) is 3.66. The number of ether oxygens (including phenoxy) is 1. The highest BCUT2D eigenvalue weighted by molar-refractivity contribution is 7.89.